The van der Waals surface area contributed by atoms with E-state index in [1.54, 1.807) is 12.1 Å². The lowest BCUT2D eigenvalue weighted by Crippen LogP contribution is -2.28. The Hall–Kier alpha value is -2.41. The molecule has 0 aromatic heterocycles. The van der Waals surface area contributed by atoms with Crippen LogP contribution in [-0.2, 0) is 10.0 Å². The fourth-order valence-electron chi connectivity index (χ4n) is 2.60. The lowest BCUT2D eigenvalue weighted by atomic mass is 10.0. The van der Waals surface area contributed by atoms with Crippen LogP contribution in [0.2, 0.25) is 0 Å². The number of anilines is 1. The highest BCUT2D eigenvalue weighted by Gasteiger charge is 2.16. The van der Waals surface area contributed by atoms with Gasteiger partial charge in [0.2, 0.25) is 0 Å². The van der Waals surface area contributed by atoms with E-state index in [-0.39, 0.29) is 16.4 Å². The van der Waals surface area contributed by atoms with Gasteiger partial charge in [-0.25, -0.2) is 12.8 Å². The van der Waals surface area contributed by atoms with Crippen LogP contribution in [0.5, 0.6) is 0 Å². The molecule has 27 heavy (non-hydrogen) atoms. The van der Waals surface area contributed by atoms with Gasteiger partial charge in [-0.2, -0.15) is 0 Å². The van der Waals surface area contributed by atoms with Crippen molar-refractivity contribution in [3.63, 3.8) is 0 Å². The van der Waals surface area contributed by atoms with Gasteiger partial charge >= 0.3 is 0 Å². The highest BCUT2D eigenvalue weighted by molar-refractivity contribution is 7.92. The predicted molar refractivity (Wildman–Crippen MR) is 105 cm³/mol. The summed E-state index contributed by atoms with van der Waals surface area (Å²) in [5, 5.41) is 2.89. The molecule has 2 aromatic carbocycles. The number of aryl methyl sites for hydroxylation is 1. The van der Waals surface area contributed by atoms with Crippen molar-refractivity contribution in [2.45, 2.75) is 38.5 Å². The minimum atomic E-state index is -3.83. The van der Waals surface area contributed by atoms with Gasteiger partial charge in [0.25, 0.3) is 15.9 Å². The Morgan fingerprint density at radius 1 is 1.07 bits per heavy atom. The molecule has 0 radical (unpaired) electrons. The fourth-order valence-corrected chi connectivity index (χ4v) is 3.75. The number of hydrogen-bond acceptors (Lipinski definition) is 3. The number of hydrogen-bond donors (Lipinski definition) is 2. The van der Waals surface area contributed by atoms with Crippen molar-refractivity contribution in [2.75, 3.05) is 11.3 Å². The molecule has 0 aliphatic rings. The summed E-state index contributed by atoms with van der Waals surface area (Å²) in [6, 6.07) is 9.80. The normalized spacial score (nSPS) is 11.4. The second-order valence-electron chi connectivity index (χ2n) is 6.49. The number of carbonyl (C=O) groups is 1. The molecule has 0 spiro atoms. The summed E-state index contributed by atoms with van der Waals surface area (Å²) in [6.07, 6.45) is 2.00. The Labute approximate surface area is 160 Å². The summed E-state index contributed by atoms with van der Waals surface area (Å²) < 4.78 is 40.6. The number of benzene rings is 2. The zero-order valence-electron chi connectivity index (χ0n) is 15.8. The molecule has 2 aromatic rings. The molecule has 0 aliphatic heterocycles. The van der Waals surface area contributed by atoms with Crippen LogP contribution in [0.15, 0.2) is 47.4 Å². The summed E-state index contributed by atoms with van der Waals surface area (Å²) in [4.78, 5) is 12.2. The van der Waals surface area contributed by atoms with Gasteiger partial charge in [-0.1, -0.05) is 26.7 Å². The van der Waals surface area contributed by atoms with Crippen molar-refractivity contribution in [3.05, 3.63) is 59.4 Å². The third kappa shape index (κ3) is 5.53. The van der Waals surface area contributed by atoms with Crippen molar-refractivity contribution in [1.29, 1.82) is 0 Å². The number of amides is 1. The summed E-state index contributed by atoms with van der Waals surface area (Å²) in [5.41, 5.74) is 1.04. The first-order chi connectivity index (χ1) is 12.8. The molecule has 146 valence electrons. The molecular formula is C20H25FN2O3S. The molecule has 0 heterocycles. The van der Waals surface area contributed by atoms with Crippen molar-refractivity contribution in [3.8, 4) is 0 Å². The quantitative estimate of drug-likeness (QED) is 0.710. The zero-order chi connectivity index (χ0) is 20.0. The highest BCUT2D eigenvalue weighted by atomic mass is 32.2. The molecule has 2 rings (SSSR count). The summed E-state index contributed by atoms with van der Waals surface area (Å²) in [5.74, 6) is -0.206. The van der Waals surface area contributed by atoms with Gasteiger partial charge in [-0.15, -0.1) is 0 Å². The van der Waals surface area contributed by atoms with Gasteiger partial charge in [0.15, 0.2) is 0 Å². The number of rotatable bonds is 8. The number of sulfonamides is 1. The maximum Gasteiger partial charge on any atom is 0.261 e. The average molecular weight is 392 g/mol. The minimum absolute atomic E-state index is 0.0200. The third-order valence-electron chi connectivity index (χ3n) is 4.55. The smallest absolute Gasteiger partial charge is 0.261 e. The summed E-state index contributed by atoms with van der Waals surface area (Å²) >= 11 is 0. The van der Waals surface area contributed by atoms with E-state index < -0.39 is 15.8 Å². The van der Waals surface area contributed by atoms with Crippen LogP contribution in [0.4, 0.5) is 10.1 Å². The Balaban J connectivity index is 2.06. The molecule has 7 heteroatoms. The maximum atomic E-state index is 13.3. The average Bonchev–Trinajstić information content (AvgIpc) is 2.64. The second-order valence-corrected chi connectivity index (χ2v) is 8.17. The largest absolute Gasteiger partial charge is 0.352 e. The Bertz CT molecular complexity index is 892. The van der Waals surface area contributed by atoms with Gasteiger partial charge < -0.3 is 5.32 Å². The van der Waals surface area contributed by atoms with Crippen LogP contribution >= 0.6 is 0 Å². The first-order valence-corrected chi connectivity index (χ1v) is 10.4. The van der Waals surface area contributed by atoms with Gasteiger partial charge in [0.05, 0.1) is 4.90 Å². The highest BCUT2D eigenvalue weighted by Crippen LogP contribution is 2.19. The van der Waals surface area contributed by atoms with E-state index in [4.69, 9.17) is 0 Å². The molecule has 2 N–H and O–H groups in total. The monoisotopic (exact) mass is 392 g/mol. The third-order valence-corrected chi connectivity index (χ3v) is 5.92. The SMILES string of the molecule is CCC(CC)CNC(=O)c1ccc(NS(=O)(=O)c2ccc(F)c(C)c2)cc1. The number of carbonyl (C=O) groups excluding carboxylic acids is 1. The second kappa shape index (κ2) is 8.99. The number of nitrogens with one attached hydrogen (secondary N) is 2. The predicted octanol–water partition coefficient (Wildman–Crippen LogP) is 4.10. The van der Waals surface area contributed by atoms with E-state index in [9.17, 15) is 17.6 Å². The first-order valence-electron chi connectivity index (χ1n) is 8.94. The van der Waals surface area contributed by atoms with Gasteiger partial charge in [0, 0.05) is 17.8 Å². The van der Waals surface area contributed by atoms with E-state index in [1.807, 2.05) is 0 Å². The van der Waals surface area contributed by atoms with E-state index in [0.717, 1.165) is 18.9 Å². The Morgan fingerprint density at radius 2 is 1.70 bits per heavy atom. The standard InChI is InChI=1S/C20H25FN2O3S/c1-4-15(5-2)13-22-20(24)16-6-8-17(9-7-16)23-27(25,26)18-10-11-19(21)14(3)12-18/h6-12,15,23H,4-5,13H2,1-3H3,(H,22,24). The topological polar surface area (TPSA) is 75.3 Å². The molecule has 0 saturated carbocycles. The van der Waals surface area contributed by atoms with Crippen LogP contribution in [0.3, 0.4) is 0 Å². The van der Waals surface area contributed by atoms with Gasteiger partial charge in [0.1, 0.15) is 5.82 Å². The maximum absolute atomic E-state index is 13.3. The lowest BCUT2D eigenvalue weighted by molar-refractivity contribution is 0.0946. The Morgan fingerprint density at radius 3 is 2.26 bits per heavy atom. The summed E-state index contributed by atoms with van der Waals surface area (Å²) in [6.45, 7) is 6.29. The number of halogens is 1. The van der Waals surface area contributed by atoms with Crippen LogP contribution in [-0.4, -0.2) is 20.9 Å². The van der Waals surface area contributed by atoms with E-state index in [0.29, 0.717) is 23.7 Å². The molecule has 1 amide bonds. The van der Waals surface area contributed by atoms with Crippen molar-refractivity contribution < 1.29 is 17.6 Å². The molecule has 0 atom stereocenters. The first kappa shape index (κ1) is 20.9. The van der Waals surface area contributed by atoms with E-state index in [2.05, 4.69) is 23.9 Å². The van der Waals surface area contributed by atoms with E-state index >= 15 is 0 Å². The van der Waals surface area contributed by atoms with Crippen LogP contribution in [0.25, 0.3) is 0 Å². The fraction of sp³-hybridized carbons (Fsp3) is 0.350. The van der Waals surface area contributed by atoms with Crippen LogP contribution in [0.1, 0.15) is 42.6 Å². The minimum Gasteiger partial charge on any atom is -0.352 e. The van der Waals surface area contributed by atoms with Crippen LogP contribution < -0.4 is 10.0 Å². The molecule has 0 bridgehead atoms. The molecular weight excluding hydrogens is 367 g/mol. The molecule has 5 nitrogen and oxygen atoms in total. The molecule has 0 aliphatic carbocycles. The van der Waals surface area contributed by atoms with Crippen molar-refractivity contribution in [2.24, 2.45) is 5.92 Å². The van der Waals surface area contributed by atoms with E-state index in [1.165, 1.54) is 31.2 Å². The lowest BCUT2D eigenvalue weighted by Gasteiger charge is -2.13. The zero-order valence-corrected chi connectivity index (χ0v) is 16.6. The molecule has 0 saturated heterocycles. The molecule has 0 fully saturated rings. The van der Waals surface area contributed by atoms with Crippen molar-refractivity contribution >= 4 is 21.6 Å². The Kier molecular flexibility index (Phi) is 6.96. The van der Waals surface area contributed by atoms with Crippen LogP contribution in [0, 0.1) is 18.7 Å². The van der Waals surface area contributed by atoms with Crippen molar-refractivity contribution in [1.82, 2.24) is 5.32 Å². The van der Waals surface area contributed by atoms with Gasteiger partial charge in [-0.3, -0.25) is 9.52 Å². The van der Waals surface area contributed by atoms with Gasteiger partial charge in [-0.05, 0) is 60.9 Å². The summed E-state index contributed by atoms with van der Waals surface area (Å²) in [7, 11) is -3.83. The molecule has 0 unspecified atom stereocenters.